The number of carbonyl (C=O) groups is 2. The first-order valence-electron chi connectivity index (χ1n) is 7.97. The number of aryl methyl sites for hydroxylation is 1. The summed E-state index contributed by atoms with van der Waals surface area (Å²) < 4.78 is 5.23. The highest BCUT2D eigenvalue weighted by molar-refractivity contribution is 5.95. The lowest BCUT2D eigenvalue weighted by Crippen LogP contribution is -2.53. The first-order chi connectivity index (χ1) is 10.7. The van der Waals surface area contributed by atoms with Gasteiger partial charge in [-0.25, -0.2) is 0 Å². The molecule has 1 aromatic rings. The highest BCUT2D eigenvalue weighted by Crippen LogP contribution is 2.21. The molecule has 5 heteroatoms. The van der Waals surface area contributed by atoms with Gasteiger partial charge in [0.25, 0.3) is 5.91 Å². The average Bonchev–Trinajstić information content (AvgIpc) is 2.52. The smallest absolute Gasteiger partial charge is 0.253 e. The molecule has 5 nitrogen and oxygen atoms in total. The van der Waals surface area contributed by atoms with Gasteiger partial charge < -0.3 is 14.5 Å². The number of amides is 2. The minimum Gasteiger partial charge on any atom is -0.496 e. The van der Waals surface area contributed by atoms with E-state index in [2.05, 4.69) is 0 Å². The van der Waals surface area contributed by atoms with Crippen LogP contribution >= 0.6 is 0 Å². The first kappa shape index (κ1) is 17.3. The van der Waals surface area contributed by atoms with Crippen LogP contribution in [0.1, 0.15) is 36.7 Å². The van der Waals surface area contributed by atoms with E-state index in [1.807, 2.05) is 49.6 Å². The Morgan fingerprint density at radius 2 is 1.61 bits per heavy atom. The van der Waals surface area contributed by atoms with E-state index in [1.54, 1.807) is 13.2 Å². The Bertz CT molecular complexity index is 597. The topological polar surface area (TPSA) is 49.9 Å². The van der Waals surface area contributed by atoms with Gasteiger partial charge in [0.05, 0.1) is 7.11 Å². The fraction of sp³-hybridized carbons (Fsp3) is 0.556. The summed E-state index contributed by atoms with van der Waals surface area (Å²) in [6, 6.07) is 5.47. The average molecular weight is 318 g/mol. The summed E-state index contributed by atoms with van der Waals surface area (Å²) >= 11 is 0. The van der Waals surface area contributed by atoms with Crippen LogP contribution in [0.15, 0.2) is 18.2 Å². The molecule has 1 saturated heterocycles. The summed E-state index contributed by atoms with van der Waals surface area (Å²) in [5.74, 6) is 0.936. The number of rotatable bonds is 2. The lowest BCUT2D eigenvalue weighted by Gasteiger charge is -2.37. The Kier molecular flexibility index (Phi) is 4.97. The Balaban J connectivity index is 2.01. The Labute approximate surface area is 138 Å². The van der Waals surface area contributed by atoms with Crippen molar-refractivity contribution in [2.45, 2.75) is 27.7 Å². The summed E-state index contributed by atoms with van der Waals surface area (Å²) in [5.41, 5.74) is 1.23. The van der Waals surface area contributed by atoms with Gasteiger partial charge in [0.1, 0.15) is 5.75 Å². The van der Waals surface area contributed by atoms with Crippen molar-refractivity contribution >= 4 is 11.8 Å². The molecule has 2 amide bonds. The first-order valence-corrected chi connectivity index (χ1v) is 7.97. The summed E-state index contributed by atoms with van der Waals surface area (Å²) in [5, 5.41) is 0. The molecule has 1 aromatic carbocycles. The molecule has 0 saturated carbocycles. The normalized spacial score (nSPS) is 15.5. The molecule has 23 heavy (non-hydrogen) atoms. The van der Waals surface area contributed by atoms with E-state index in [0.717, 1.165) is 11.3 Å². The summed E-state index contributed by atoms with van der Waals surface area (Å²) in [7, 11) is 1.62. The number of hydrogen-bond acceptors (Lipinski definition) is 3. The van der Waals surface area contributed by atoms with E-state index in [-0.39, 0.29) is 17.2 Å². The van der Waals surface area contributed by atoms with Crippen LogP contribution in [-0.2, 0) is 4.79 Å². The molecule has 0 N–H and O–H groups in total. The molecule has 0 aromatic heterocycles. The van der Waals surface area contributed by atoms with E-state index >= 15 is 0 Å². The van der Waals surface area contributed by atoms with Crippen molar-refractivity contribution in [2.75, 3.05) is 33.3 Å². The van der Waals surface area contributed by atoms with Crippen LogP contribution in [0.5, 0.6) is 5.75 Å². The molecule has 0 spiro atoms. The van der Waals surface area contributed by atoms with Crippen LogP contribution in [0.25, 0.3) is 0 Å². The maximum Gasteiger partial charge on any atom is 0.253 e. The van der Waals surface area contributed by atoms with Gasteiger partial charge >= 0.3 is 0 Å². The molecule has 1 aliphatic rings. The van der Waals surface area contributed by atoms with Gasteiger partial charge in [-0.3, -0.25) is 9.59 Å². The minimum absolute atomic E-state index is 0.0126. The lowest BCUT2D eigenvalue weighted by molar-refractivity contribution is -0.140. The molecular formula is C18H26N2O3. The number of hydrogen-bond donors (Lipinski definition) is 0. The van der Waals surface area contributed by atoms with Gasteiger partial charge in [0.2, 0.25) is 5.91 Å². The molecule has 0 unspecified atom stereocenters. The number of carbonyl (C=O) groups excluding carboxylic acids is 2. The molecule has 2 rings (SSSR count). The van der Waals surface area contributed by atoms with Gasteiger partial charge in [-0.2, -0.15) is 0 Å². The fourth-order valence-corrected chi connectivity index (χ4v) is 2.78. The molecular weight excluding hydrogens is 292 g/mol. The largest absolute Gasteiger partial charge is 0.496 e. The second-order valence-corrected chi connectivity index (χ2v) is 7.02. The zero-order valence-corrected chi connectivity index (χ0v) is 14.7. The molecule has 1 heterocycles. The third kappa shape index (κ3) is 3.84. The van der Waals surface area contributed by atoms with E-state index in [4.69, 9.17) is 4.74 Å². The van der Waals surface area contributed by atoms with Crippen LogP contribution < -0.4 is 4.74 Å². The quantitative estimate of drug-likeness (QED) is 0.841. The molecule has 0 radical (unpaired) electrons. The zero-order chi connectivity index (χ0) is 17.2. The van der Waals surface area contributed by atoms with Crippen LogP contribution in [-0.4, -0.2) is 54.9 Å². The lowest BCUT2D eigenvalue weighted by atomic mass is 9.94. The van der Waals surface area contributed by atoms with E-state index in [0.29, 0.717) is 31.7 Å². The second kappa shape index (κ2) is 6.60. The summed E-state index contributed by atoms with van der Waals surface area (Å²) in [6.07, 6.45) is 0. The maximum atomic E-state index is 12.6. The summed E-state index contributed by atoms with van der Waals surface area (Å²) in [4.78, 5) is 28.6. The van der Waals surface area contributed by atoms with Gasteiger partial charge in [-0.05, 0) is 30.7 Å². The number of ether oxygens (including phenoxy) is 1. The van der Waals surface area contributed by atoms with Gasteiger partial charge in [0, 0.05) is 37.2 Å². The third-order valence-electron chi connectivity index (χ3n) is 4.14. The van der Waals surface area contributed by atoms with Gasteiger partial charge in [-0.1, -0.05) is 20.8 Å². The number of benzene rings is 1. The molecule has 1 aliphatic heterocycles. The molecule has 1 fully saturated rings. The Morgan fingerprint density at radius 3 is 2.09 bits per heavy atom. The minimum atomic E-state index is -0.376. The van der Waals surface area contributed by atoms with E-state index < -0.39 is 0 Å². The highest BCUT2D eigenvalue weighted by Gasteiger charge is 2.31. The predicted molar refractivity (Wildman–Crippen MR) is 89.7 cm³/mol. The molecule has 0 bridgehead atoms. The second-order valence-electron chi connectivity index (χ2n) is 7.02. The third-order valence-corrected chi connectivity index (χ3v) is 4.14. The van der Waals surface area contributed by atoms with Crippen molar-refractivity contribution in [1.82, 2.24) is 9.80 Å². The van der Waals surface area contributed by atoms with Crippen molar-refractivity contribution in [3.05, 3.63) is 29.3 Å². The zero-order valence-electron chi connectivity index (χ0n) is 14.7. The van der Waals surface area contributed by atoms with E-state index in [9.17, 15) is 9.59 Å². The van der Waals surface area contributed by atoms with Crippen molar-refractivity contribution in [3.63, 3.8) is 0 Å². The highest BCUT2D eigenvalue weighted by atomic mass is 16.5. The van der Waals surface area contributed by atoms with E-state index in [1.165, 1.54) is 0 Å². The standard InChI is InChI=1S/C18H26N2O3/c1-13-12-14(6-7-15(13)23-5)16(21)19-8-10-20(11-9-19)17(22)18(2,3)4/h6-7,12H,8-11H2,1-5H3. The number of nitrogens with zero attached hydrogens (tertiary/aromatic N) is 2. The van der Waals surface area contributed by atoms with Crippen LogP contribution in [0, 0.1) is 12.3 Å². The van der Waals surface area contributed by atoms with Gasteiger partial charge in [0.15, 0.2) is 0 Å². The summed E-state index contributed by atoms with van der Waals surface area (Å²) in [6.45, 7) is 10.0. The number of piperazine rings is 1. The van der Waals surface area contributed by atoms with Crippen LogP contribution in [0.2, 0.25) is 0 Å². The molecule has 0 atom stereocenters. The van der Waals surface area contributed by atoms with Crippen LogP contribution in [0.3, 0.4) is 0 Å². The number of methoxy groups -OCH3 is 1. The van der Waals surface area contributed by atoms with Crippen LogP contribution in [0.4, 0.5) is 0 Å². The van der Waals surface area contributed by atoms with Crippen molar-refractivity contribution in [3.8, 4) is 5.75 Å². The Morgan fingerprint density at radius 1 is 1.04 bits per heavy atom. The van der Waals surface area contributed by atoms with Gasteiger partial charge in [-0.15, -0.1) is 0 Å². The fourth-order valence-electron chi connectivity index (χ4n) is 2.78. The molecule has 0 aliphatic carbocycles. The monoisotopic (exact) mass is 318 g/mol. The van der Waals surface area contributed by atoms with Crippen molar-refractivity contribution in [1.29, 1.82) is 0 Å². The Hall–Kier alpha value is -2.04. The van der Waals surface area contributed by atoms with Crippen molar-refractivity contribution in [2.24, 2.45) is 5.41 Å². The van der Waals surface area contributed by atoms with Crippen molar-refractivity contribution < 1.29 is 14.3 Å². The maximum absolute atomic E-state index is 12.6. The molecule has 126 valence electrons. The predicted octanol–water partition coefficient (Wildman–Crippen LogP) is 2.33. The SMILES string of the molecule is COc1ccc(C(=O)N2CCN(C(=O)C(C)(C)C)CC2)cc1C.